The normalized spacial score (nSPS) is 29.2. The quantitative estimate of drug-likeness (QED) is 0.779. The third kappa shape index (κ3) is 3.76. The minimum absolute atomic E-state index is 0.396. The molecule has 0 radical (unpaired) electrons. The summed E-state index contributed by atoms with van der Waals surface area (Å²) in [5.41, 5.74) is 6.32. The zero-order valence-electron chi connectivity index (χ0n) is 10.7. The lowest BCUT2D eigenvalue weighted by Crippen LogP contribution is -2.50. The second-order valence-electron chi connectivity index (χ2n) is 5.15. The van der Waals surface area contributed by atoms with Crippen molar-refractivity contribution < 1.29 is 0 Å². The Balaban J connectivity index is 2.60. The van der Waals surface area contributed by atoms with Gasteiger partial charge in [-0.15, -0.1) is 0 Å². The first kappa shape index (κ1) is 13.0. The molecule has 0 bridgehead atoms. The van der Waals surface area contributed by atoms with E-state index in [0.717, 1.165) is 6.54 Å². The number of rotatable bonds is 3. The zero-order chi connectivity index (χ0) is 11.3. The molecule has 1 rings (SSSR count). The van der Waals surface area contributed by atoms with Gasteiger partial charge in [0.15, 0.2) is 0 Å². The molecule has 1 saturated carbocycles. The Kier molecular flexibility index (Phi) is 5.62. The highest BCUT2D eigenvalue weighted by Gasteiger charge is 2.26. The minimum atomic E-state index is 0.396. The SMILES string of the molecule is CCN(C(C)C)C1CCCCCCC1N. The van der Waals surface area contributed by atoms with Gasteiger partial charge in [0.2, 0.25) is 0 Å². The molecule has 90 valence electrons. The van der Waals surface area contributed by atoms with Crippen LogP contribution in [-0.2, 0) is 0 Å². The highest BCUT2D eigenvalue weighted by Crippen LogP contribution is 2.22. The van der Waals surface area contributed by atoms with Gasteiger partial charge in [-0.1, -0.05) is 32.6 Å². The van der Waals surface area contributed by atoms with Gasteiger partial charge in [0, 0.05) is 18.1 Å². The molecule has 0 spiro atoms. The maximum atomic E-state index is 6.32. The lowest BCUT2D eigenvalue weighted by Gasteiger charge is -2.38. The summed E-state index contributed by atoms with van der Waals surface area (Å²) in [5.74, 6) is 0. The Morgan fingerprint density at radius 3 is 2.27 bits per heavy atom. The smallest absolute Gasteiger partial charge is 0.0249 e. The summed E-state index contributed by atoms with van der Waals surface area (Å²) < 4.78 is 0. The molecule has 0 aromatic heterocycles. The second kappa shape index (κ2) is 6.49. The predicted octanol–water partition coefficient (Wildman–Crippen LogP) is 2.77. The summed E-state index contributed by atoms with van der Waals surface area (Å²) in [5, 5.41) is 0. The van der Waals surface area contributed by atoms with Gasteiger partial charge >= 0.3 is 0 Å². The van der Waals surface area contributed by atoms with E-state index >= 15 is 0 Å². The van der Waals surface area contributed by atoms with E-state index in [9.17, 15) is 0 Å². The van der Waals surface area contributed by atoms with Crippen LogP contribution < -0.4 is 5.73 Å². The third-order valence-corrected chi connectivity index (χ3v) is 3.74. The fourth-order valence-corrected chi connectivity index (χ4v) is 2.89. The average molecular weight is 212 g/mol. The standard InChI is InChI=1S/C13H28N2/c1-4-15(11(2)3)13-10-8-6-5-7-9-12(13)14/h11-13H,4-10,14H2,1-3H3. The number of hydrogen-bond acceptors (Lipinski definition) is 2. The molecule has 2 heteroatoms. The maximum absolute atomic E-state index is 6.32. The van der Waals surface area contributed by atoms with E-state index in [0.29, 0.717) is 18.1 Å². The molecule has 1 aliphatic rings. The van der Waals surface area contributed by atoms with Crippen LogP contribution in [-0.4, -0.2) is 29.6 Å². The van der Waals surface area contributed by atoms with Crippen molar-refractivity contribution in [2.24, 2.45) is 5.73 Å². The molecular formula is C13H28N2. The van der Waals surface area contributed by atoms with Gasteiger partial charge in [0.1, 0.15) is 0 Å². The van der Waals surface area contributed by atoms with Gasteiger partial charge in [0.25, 0.3) is 0 Å². The van der Waals surface area contributed by atoms with Gasteiger partial charge in [-0.25, -0.2) is 0 Å². The third-order valence-electron chi connectivity index (χ3n) is 3.74. The van der Waals surface area contributed by atoms with Crippen LogP contribution in [0, 0.1) is 0 Å². The zero-order valence-corrected chi connectivity index (χ0v) is 10.7. The first-order chi connectivity index (χ1) is 7.16. The lowest BCUT2D eigenvalue weighted by atomic mass is 9.91. The summed E-state index contributed by atoms with van der Waals surface area (Å²) in [7, 11) is 0. The van der Waals surface area contributed by atoms with E-state index in [1.165, 1.54) is 38.5 Å². The predicted molar refractivity (Wildman–Crippen MR) is 67.0 cm³/mol. The molecule has 2 unspecified atom stereocenters. The molecule has 0 heterocycles. The summed E-state index contributed by atoms with van der Waals surface area (Å²) in [6, 6.07) is 1.65. The van der Waals surface area contributed by atoms with Crippen molar-refractivity contribution >= 4 is 0 Å². The fourth-order valence-electron chi connectivity index (χ4n) is 2.89. The van der Waals surface area contributed by atoms with Crippen LogP contribution in [0.25, 0.3) is 0 Å². The minimum Gasteiger partial charge on any atom is -0.326 e. The Bertz CT molecular complexity index is 168. The summed E-state index contributed by atoms with van der Waals surface area (Å²) in [4.78, 5) is 2.58. The summed E-state index contributed by atoms with van der Waals surface area (Å²) in [6.45, 7) is 7.96. The van der Waals surface area contributed by atoms with Crippen LogP contribution in [0.1, 0.15) is 59.3 Å². The van der Waals surface area contributed by atoms with Gasteiger partial charge in [-0.2, -0.15) is 0 Å². The molecule has 0 amide bonds. The van der Waals surface area contributed by atoms with E-state index in [-0.39, 0.29) is 0 Å². The number of nitrogens with zero attached hydrogens (tertiary/aromatic N) is 1. The van der Waals surface area contributed by atoms with Crippen LogP contribution in [0.4, 0.5) is 0 Å². The van der Waals surface area contributed by atoms with E-state index in [1.54, 1.807) is 0 Å². The molecule has 1 fully saturated rings. The Morgan fingerprint density at radius 1 is 1.13 bits per heavy atom. The van der Waals surface area contributed by atoms with Gasteiger partial charge in [-0.05, 0) is 33.2 Å². The molecule has 0 aromatic carbocycles. The first-order valence-corrected chi connectivity index (χ1v) is 6.68. The highest BCUT2D eigenvalue weighted by molar-refractivity contribution is 4.84. The van der Waals surface area contributed by atoms with Crippen LogP contribution in [0.15, 0.2) is 0 Å². The van der Waals surface area contributed by atoms with E-state index in [1.807, 2.05) is 0 Å². The molecule has 2 N–H and O–H groups in total. The Hall–Kier alpha value is -0.0800. The first-order valence-electron chi connectivity index (χ1n) is 6.68. The van der Waals surface area contributed by atoms with Gasteiger partial charge in [-0.3, -0.25) is 4.90 Å². The fraction of sp³-hybridized carbons (Fsp3) is 1.00. The van der Waals surface area contributed by atoms with Crippen molar-refractivity contribution in [2.75, 3.05) is 6.54 Å². The van der Waals surface area contributed by atoms with Crippen LogP contribution in [0.5, 0.6) is 0 Å². The monoisotopic (exact) mass is 212 g/mol. The highest BCUT2D eigenvalue weighted by atomic mass is 15.2. The largest absolute Gasteiger partial charge is 0.326 e. The molecule has 0 aliphatic heterocycles. The van der Waals surface area contributed by atoms with Crippen LogP contribution >= 0.6 is 0 Å². The number of likely N-dealkylation sites (N-methyl/N-ethyl adjacent to an activating group) is 1. The number of hydrogen-bond donors (Lipinski definition) is 1. The van der Waals surface area contributed by atoms with Crippen LogP contribution in [0.3, 0.4) is 0 Å². The molecular weight excluding hydrogens is 184 g/mol. The van der Waals surface area contributed by atoms with Gasteiger partial charge in [0.05, 0.1) is 0 Å². The van der Waals surface area contributed by atoms with Crippen molar-refractivity contribution in [3.8, 4) is 0 Å². The summed E-state index contributed by atoms with van der Waals surface area (Å²) in [6.07, 6.45) is 7.99. The van der Waals surface area contributed by atoms with E-state index in [4.69, 9.17) is 5.73 Å². The molecule has 0 aromatic rings. The maximum Gasteiger partial charge on any atom is 0.0249 e. The molecule has 0 saturated heterocycles. The van der Waals surface area contributed by atoms with Crippen molar-refractivity contribution in [1.29, 1.82) is 0 Å². The van der Waals surface area contributed by atoms with Gasteiger partial charge < -0.3 is 5.73 Å². The van der Waals surface area contributed by atoms with Crippen molar-refractivity contribution in [3.63, 3.8) is 0 Å². The average Bonchev–Trinajstić information content (AvgIpc) is 2.17. The molecule has 2 nitrogen and oxygen atoms in total. The number of nitrogens with two attached hydrogens (primary N) is 1. The van der Waals surface area contributed by atoms with Crippen LogP contribution in [0.2, 0.25) is 0 Å². The molecule has 15 heavy (non-hydrogen) atoms. The van der Waals surface area contributed by atoms with Crippen molar-refractivity contribution in [2.45, 2.75) is 77.4 Å². The topological polar surface area (TPSA) is 29.3 Å². The van der Waals surface area contributed by atoms with E-state index in [2.05, 4.69) is 25.7 Å². The van der Waals surface area contributed by atoms with E-state index < -0.39 is 0 Å². The lowest BCUT2D eigenvalue weighted by molar-refractivity contribution is 0.121. The second-order valence-corrected chi connectivity index (χ2v) is 5.15. The Morgan fingerprint density at radius 2 is 1.73 bits per heavy atom. The Labute approximate surface area is 95.2 Å². The summed E-state index contributed by atoms with van der Waals surface area (Å²) >= 11 is 0. The molecule has 1 aliphatic carbocycles. The molecule has 2 atom stereocenters. The van der Waals surface area contributed by atoms with Crippen molar-refractivity contribution in [3.05, 3.63) is 0 Å². The van der Waals surface area contributed by atoms with Crippen molar-refractivity contribution in [1.82, 2.24) is 4.90 Å².